The SMILES string of the molecule is CCC(CO)NS(=O)(=O)c1ccc(Cl)c(N)c1. The van der Waals surface area contributed by atoms with E-state index >= 15 is 0 Å². The first-order valence-corrected chi connectivity index (χ1v) is 6.95. The first kappa shape index (κ1) is 14.2. The second kappa shape index (κ2) is 5.68. The molecule has 0 saturated carbocycles. The van der Waals surface area contributed by atoms with E-state index in [4.69, 9.17) is 22.4 Å². The number of sulfonamides is 1. The molecule has 7 heteroatoms. The van der Waals surface area contributed by atoms with E-state index in [0.717, 1.165) is 0 Å². The van der Waals surface area contributed by atoms with Gasteiger partial charge in [0, 0.05) is 6.04 Å². The van der Waals surface area contributed by atoms with Crippen LogP contribution in [0.2, 0.25) is 5.02 Å². The number of aliphatic hydroxyl groups is 1. The van der Waals surface area contributed by atoms with Crippen LogP contribution in [0.15, 0.2) is 23.1 Å². The third-order valence-electron chi connectivity index (χ3n) is 2.31. The van der Waals surface area contributed by atoms with Gasteiger partial charge in [-0.15, -0.1) is 0 Å². The molecule has 0 spiro atoms. The molecule has 4 N–H and O–H groups in total. The summed E-state index contributed by atoms with van der Waals surface area (Å²) in [6.07, 6.45) is 0.499. The quantitative estimate of drug-likeness (QED) is 0.700. The van der Waals surface area contributed by atoms with Crippen molar-refractivity contribution >= 4 is 27.3 Å². The molecular formula is C10H15ClN2O3S. The minimum absolute atomic E-state index is 0.0336. The van der Waals surface area contributed by atoms with E-state index in [1.165, 1.54) is 18.2 Å². The number of hydrogen-bond acceptors (Lipinski definition) is 4. The summed E-state index contributed by atoms with van der Waals surface area (Å²) in [5.41, 5.74) is 5.74. The smallest absolute Gasteiger partial charge is 0.240 e. The number of hydrogen-bond donors (Lipinski definition) is 3. The summed E-state index contributed by atoms with van der Waals surface area (Å²) in [5, 5.41) is 9.27. The highest BCUT2D eigenvalue weighted by molar-refractivity contribution is 7.89. The Kier molecular flexibility index (Phi) is 4.76. The maximum Gasteiger partial charge on any atom is 0.240 e. The van der Waals surface area contributed by atoms with Crippen LogP contribution < -0.4 is 10.5 Å². The summed E-state index contributed by atoms with van der Waals surface area (Å²) < 4.78 is 26.2. The molecule has 1 rings (SSSR count). The van der Waals surface area contributed by atoms with Gasteiger partial charge in [0.05, 0.1) is 22.2 Å². The predicted molar refractivity (Wildman–Crippen MR) is 67.4 cm³/mol. The molecule has 0 aliphatic heterocycles. The van der Waals surface area contributed by atoms with Crippen molar-refractivity contribution in [3.05, 3.63) is 23.2 Å². The van der Waals surface area contributed by atoms with Crippen molar-refractivity contribution in [2.24, 2.45) is 0 Å². The van der Waals surface area contributed by atoms with Crippen molar-refractivity contribution < 1.29 is 13.5 Å². The Labute approximate surface area is 106 Å². The standard InChI is InChI=1S/C10H15ClN2O3S/c1-2-7(6-14)13-17(15,16)8-3-4-9(11)10(12)5-8/h3-5,7,13-14H,2,6,12H2,1H3. The van der Waals surface area contributed by atoms with Crippen LogP contribution in [0, 0.1) is 0 Å². The summed E-state index contributed by atoms with van der Waals surface area (Å²) in [7, 11) is -3.67. The van der Waals surface area contributed by atoms with Crippen LogP contribution in [0.1, 0.15) is 13.3 Å². The van der Waals surface area contributed by atoms with E-state index < -0.39 is 16.1 Å². The summed E-state index contributed by atoms with van der Waals surface area (Å²) in [5.74, 6) is 0. The van der Waals surface area contributed by atoms with Crippen molar-refractivity contribution in [3.63, 3.8) is 0 Å². The Morgan fingerprint density at radius 3 is 2.65 bits per heavy atom. The van der Waals surface area contributed by atoms with Gasteiger partial charge in [0.1, 0.15) is 0 Å². The Hall–Kier alpha value is -0.820. The van der Waals surface area contributed by atoms with Crippen molar-refractivity contribution in [2.75, 3.05) is 12.3 Å². The van der Waals surface area contributed by atoms with E-state index in [1.54, 1.807) is 6.92 Å². The molecule has 0 radical (unpaired) electrons. The van der Waals surface area contributed by atoms with E-state index in [-0.39, 0.29) is 17.2 Å². The lowest BCUT2D eigenvalue weighted by Crippen LogP contribution is -2.36. The fourth-order valence-electron chi connectivity index (χ4n) is 1.23. The third kappa shape index (κ3) is 3.57. The molecule has 1 atom stereocenters. The van der Waals surface area contributed by atoms with Gasteiger partial charge in [-0.3, -0.25) is 0 Å². The Balaban J connectivity index is 3.01. The lowest BCUT2D eigenvalue weighted by molar-refractivity contribution is 0.254. The zero-order valence-corrected chi connectivity index (χ0v) is 10.9. The number of anilines is 1. The molecule has 0 saturated heterocycles. The van der Waals surface area contributed by atoms with Gasteiger partial charge in [0.2, 0.25) is 10.0 Å². The molecular weight excluding hydrogens is 264 g/mol. The summed E-state index contributed by atoms with van der Waals surface area (Å²) in [6.45, 7) is 1.53. The largest absolute Gasteiger partial charge is 0.397 e. The molecule has 0 aromatic heterocycles. The average molecular weight is 279 g/mol. The van der Waals surface area contributed by atoms with E-state index in [0.29, 0.717) is 11.4 Å². The maximum absolute atomic E-state index is 11.9. The number of halogens is 1. The topological polar surface area (TPSA) is 92.4 Å². The minimum atomic E-state index is -3.67. The molecule has 17 heavy (non-hydrogen) atoms. The van der Waals surface area contributed by atoms with E-state index in [9.17, 15) is 8.42 Å². The number of nitrogens with one attached hydrogen (secondary N) is 1. The fraction of sp³-hybridized carbons (Fsp3) is 0.400. The zero-order valence-electron chi connectivity index (χ0n) is 9.35. The van der Waals surface area contributed by atoms with Crippen molar-refractivity contribution in [1.82, 2.24) is 4.72 Å². The third-order valence-corrected chi connectivity index (χ3v) is 4.18. The second-order valence-corrected chi connectivity index (χ2v) is 5.71. The number of nitrogen functional groups attached to an aromatic ring is 1. The van der Waals surface area contributed by atoms with Crippen LogP contribution in [0.5, 0.6) is 0 Å². The summed E-state index contributed by atoms with van der Waals surface area (Å²) in [4.78, 5) is 0.0336. The molecule has 1 aromatic carbocycles. The van der Waals surface area contributed by atoms with Crippen LogP contribution in [-0.4, -0.2) is 26.2 Å². The average Bonchev–Trinajstić information content (AvgIpc) is 2.29. The number of nitrogens with two attached hydrogens (primary N) is 1. The van der Waals surface area contributed by atoms with Gasteiger partial charge in [-0.1, -0.05) is 18.5 Å². The molecule has 0 aliphatic carbocycles. The normalized spacial score (nSPS) is 13.6. The molecule has 1 aromatic rings. The predicted octanol–water partition coefficient (Wildman–Crippen LogP) is 0.971. The Morgan fingerprint density at radius 2 is 2.18 bits per heavy atom. The highest BCUT2D eigenvalue weighted by Gasteiger charge is 2.19. The van der Waals surface area contributed by atoms with Gasteiger partial charge in [-0.25, -0.2) is 13.1 Å². The van der Waals surface area contributed by atoms with Crippen LogP contribution >= 0.6 is 11.6 Å². The van der Waals surface area contributed by atoms with Crippen LogP contribution in [0.4, 0.5) is 5.69 Å². The lowest BCUT2D eigenvalue weighted by atomic mass is 10.3. The number of aliphatic hydroxyl groups excluding tert-OH is 1. The number of rotatable bonds is 5. The Bertz CT molecular complexity index is 486. The van der Waals surface area contributed by atoms with Gasteiger partial charge in [0.25, 0.3) is 0 Å². The maximum atomic E-state index is 11.9. The van der Waals surface area contributed by atoms with Gasteiger partial charge in [0.15, 0.2) is 0 Å². The molecule has 1 unspecified atom stereocenters. The first-order chi connectivity index (χ1) is 7.90. The summed E-state index contributed by atoms with van der Waals surface area (Å²) in [6, 6.07) is 3.57. The highest BCUT2D eigenvalue weighted by atomic mass is 35.5. The van der Waals surface area contributed by atoms with E-state index in [2.05, 4.69) is 4.72 Å². The summed E-state index contributed by atoms with van der Waals surface area (Å²) >= 11 is 5.71. The second-order valence-electron chi connectivity index (χ2n) is 3.59. The molecule has 96 valence electrons. The number of benzene rings is 1. The Morgan fingerprint density at radius 1 is 1.53 bits per heavy atom. The van der Waals surface area contributed by atoms with Crippen molar-refractivity contribution in [1.29, 1.82) is 0 Å². The lowest BCUT2D eigenvalue weighted by Gasteiger charge is -2.14. The van der Waals surface area contributed by atoms with Crippen LogP contribution in [0.25, 0.3) is 0 Å². The van der Waals surface area contributed by atoms with Gasteiger partial charge < -0.3 is 10.8 Å². The zero-order chi connectivity index (χ0) is 13.1. The van der Waals surface area contributed by atoms with Gasteiger partial charge >= 0.3 is 0 Å². The highest BCUT2D eigenvalue weighted by Crippen LogP contribution is 2.22. The first-order valence-electron chi connectivity index (χ1n) is 5.09. The monoisotopic (exact) mass is 278 g/mol. The molecule has 0 bridgehead atoms. The molecule has 0 amide bonds. The fourth-order valence-corrected chi connectivity index (χ4v) is 2.69. The van der Waals surface area contributed by atoms with Crippen molar-refractivity contribution in [2.45, 2.75) is 24.3 Å². The van der Waals surface area contributed by atoms with Gasteiger partial charge in [-0.2, -0.15) is 0 Å². The van der Waals surface area contributed by atoms with E-state index in [1.807, 2.05) is 0 Å². The molecule has 0 heterocycles. The molecule has 0 fully saturated rings. The van der Waals surface area contributed by atoms with Crippen LogP contribution in [-0.2, 0) is 10.0 Å². The minimum Gasteiger partial charge on any atom is -0.397 e. The van der Waals surface area contributed by atoms with Gasteiger partial charge in [-0.05, 0) is 24.6 Å². The van der Waals surface area contributed by atoms with Crippen LogP contribution in [0.3, 0.4) is 0 Å². The van der Waals surface area contributed by atoms with Crippen molar-refractivity contribution in [3.8, 4) is 0 Å². The molecule has 0 aliphatic rings. The molecule has 5 nitrogen and oxygen atoms in total.